The van der Waals surface area contributed by atoms with Gasteiger partial charge in [0.05, 0.1) is 0 Å². The van der Waals surface area contributed by atoms with Gasteiger partial charge >= 0.3 is 0 Å². The Morgan fingerprint density at radius 3 is 2.68 bits per heavy atom. The van der Waals surface area contributed by atoms with Gasteiger partial charge in [-0.05, 0) is 44.4 Å². The summed E-state index contributed by atoms with van der Waals surface area (Å²) in [5, 5.41) is 3.80. The van der Waals surface area contributed by atoms with E-state index in [1.165, 1.54) is 36.8 Å². The number of aryl methyl sites for hydroxylation is 1. The molecule has 2 rings (SSSR count). The number of nitrogens with one attached hydrogen (secondary N) is 1. The zero-order valence-electron chi connectivity index (χ0n) is 14.9. The number of ether oxygens (including phenoxy) is 1. The van der Waals surface area contributed by atoms with Crippen molar-refractivity contribution < 1.29 is 4.74 Å². The quantitative estimate of drug-likeness (QED) is 0.648. The molecule has 0 amide bonds. The second-order valence-corrected chi connectivity index (χ2v) is 6.90. The molecule has 0 aromatic heterocycles. The molecule has 0 spiro atoms. The maximum absolute atomic E-state index is 6.30. The van der Waals surface area contributed by atoms with Gasteiger partial charge in [0.25, 0.3) is 0 Å². The molecule has 1 aliphatic heterocycles. The van der Waals surface area contributed by atoms with Crippen molar-refractivity contribution >= 4 is 0 Å². The van der Waals surface area contributed by atoms with Crippen molar-refractivity contribution in [3.63, 3.8) is 0 Å². The molecule has 1 N–H and O–H groups in total. The van der Waals surface area contributed by atoms with E-state index in [0.29, 0.717) is 6.04 Å². The third-order valence-corrected chi connectivity index (χ3v) is 5.02. The van der Waals surface area contributed by atoms with Crippen molar-refractivity contribution in [2.24, 2.45) is 0 Å². The second kappa shape index (κ2) is 8.01. The molecule has 1 heterocycles. The summed E-state index contributed by atoms with van der Waals surface area (Å²) in [5.74, 6) is 1.08. The van der Waals surface area contributed by atoms with Crippen molar-refractivity contribution in [1.82, 2.24) is 5.32 Å². The van der Waals surface area contributed by atoms with E-state index in [1.54, 1.807) is 0 Å². The van der Waals surface area contributed by atoms with E-state index in [2.05, 4.69) is 51.2 Å². The van der Waals surface area contributed by atoms with Crippen LogP contribution in [0.1, 0.15) is 83.4 Å². The first-order chi connectivity index (χ1) is 10.6. The van der Waals surface area contributed by atoms with Gasteiger partial charge in [-0.25, -0.2) is 0 Å². The van der Waals surface area contributed by atoms with E-state index in [-0.39, 0.29) is 5.60 Å². The topological polar surface area (TPSA) is 21.3 Å². The number of unbranched alkanes of at least 4 members (excludes halogenated alkanes) is 3. The summed E-state index contributed by atoms with van der Waals surface area (Å²) in [5.41, 5.74) is 2.72. The van der Waals surface area contributed by atoms with Crippen LogP contribution in [0.15, 0.2) is 18.2 Å². The fourth-order valence-corrected chi connectivity index (χ4v) is 3.26. The molecule has 22 heavy (non-hydrogen) atoms. The number of fused-ring (bicyclic) bond motifs is 1. The average Bonchev–Trinajstić information content (AvgIpc) is 2.54. The SMILES string of the molecule is CCCCCCNC1CC(C)(CC)Oc2ccc(CC)cc21. The highest BCUT2D eigenvalue weighted by molar-refractivity contribution is 5.42. The number of rotatable bonds is 8. The van der Waals surface area contributed by atoms with Crippen molar-refractivity contribution in [2.75, 3.05) is 6.54 Å². The fourth-order valence-electron chi connectivity index (χ4n) is 3.26. The molecule has 0 saturated carbocycles. The highest BCUT2D eigenvalue weighted by Crippen LogP contribution is 2.41. The minimum Gasteiger partial charge on any atom is -0.487 e. The summed E-state index contributed by atoms with van der Waals surface area (Å²) >= 11 is 0. The first kappa shape index (κ1) is 17.3. The lowest BCUT2D eigenvalue weighted by molar-refractivity contribution is 0.0442. The van der Waals surface area contributed by atoms with Crippen LogP contribution in [0.3, 0.4) is 0 Å². The molecule has 1 aliphatic rings. The Bertz CT molecular complexity index is 471. The van der Waals surface area contributed by atoms with Crippen LogP contribution in [-0.2, 0) is 6.42 Å². The third-order valence-electron chi connectivity index (χ3n) is 5.02. The van der Waals surface area contributed by atoms with Crippen LogP contribution < -0.4 is 10.1 Å². The first-order valence-corrected chi connectivity index (χ1v) is 9.17. The van der Waals surface area contributed by atoms with E-state index in [1.807, 2.05) is 0 Å². The largest absolute Gasteiger partial charge is 0.487 e. The van der Waals surface area contributed by atoms with Crippen LogP contribution in [0, 0.1) is 0 Å². The predicted molar refractivity (Wildman–Crippen MR) is 94.6 cm³/mol. The van der Waals surface area contributed by atoms with Crippen LogP contribution in [0.4, 0.5) is 0 Å². The standard InChI is InChI=1S/C20H33NO/c1-5-8-9-10-13-21-18-15-20(4,7-3)22-19-12-11-16(6-2)14-17(18)19/h11-12,14,18,21H,5-10,13,15H2,1-4H3. The number of hydrogen-bond acceptors (Lipinski definition) is 2. The molecule has 2 heteroatoms. The lowest BCUT2D eigenvalue weighted by Crippen LogP contribution is -2.41. The Morgan fingerprint density at radius 2 is 2.00 bits per heavy atom. The van der Waals surface area contributed by atoms with Gasteiger partial charge in [0.15, 0.2) is 0 Å². The molecule has 1 aromatic rings. The van der Waals surface area contributed by atoms with Crippen LogP contribution in [0.25, 0.3) is 0 Å². The van der Waals surface area contributed by atoms with Gasteiger partial charge in [0, 0.05) is 18.0 Å². The molecular formula is C20H33NO. The first-order valence-electron chi connectivity index (χ1n) is 9.17. The van der Waals surface area contributed by atoms with Crippen LogP contribution in [0.5, 0.6) is 5.75 Å². The smallest absolute Gasteiger partial charge is 0.124 e. The summed E-state index contributed by atoms with van der Waals surface area (Å²) in [7, 11) is 0. The predicted octanol–water partition coefficient (Wildman–Crippen LogP) is 5.41. The maximum atomic E-state index is 6.30. The van der Waals surface area contributed by atoms with Crippen molar-refractivity contribution in [1.29, 1.82) is 0 Å². The summed E-state index contributed by atoms with van der Waals surface area (Å²) < 4.78 is 6.30. The van der Waals surface area contributed by atoms with Gasteiger partial charge in [-0.1, -0.05) is 52.2 Å². The molecule has 0 fully saturated rings. The molecule has 2 atom stereocenters. The lowest BCUT2D eigenvalue weighted by Gasteiger charge is -2.40. The fraction of sp³-hybridized carbons (Fsp3) is 0.700. The molecule has 2 nitrogen and oxygen atoms in total. The van der Waals surface area contributed by atoms with Gasteiger partial charge in [-0.2, -0.15) is 0 Å². The van der Waals surface area contributed by atoms with Crippen molar-refractivity contribution in [3.05, 3.63) is 29.3 Å². The summed E-state index contributed by atoms with van der Waals surface area (Å²) in [4.78, 5) is 0. The van der Waals surface area contributed by atoms with Crippen molar-refractivity contribution in [2.45, 2.75) is 84.3 Å². The highest BCUT2D eigenvalue weighted by Gasteiger charge is 2.35. The summed E-state index contributed by atoms with van der Waals surface area (Å²) in [6, 6.07) is 7.15. The van der Waals surface area contributed by atoms with Crippen LogP contribution in [0.2, 0.25) is 0 Å². The Morgan fingerprint density at radius 1 is 1.18 bits per heavy atom. The normalized spacial score (nSPS) is 23.9. The minimum absolute atomic E-state index is 0.0399. The van der Waals surface area contributed by atoms with E-state index in [4.69, 9.17) is 4.74 Å². The Labute approximate surface area is 136 Å². The highest BCUT2D eigenvalue weighted by atomic mass is 16.5. The monoisotopic (exact) mass is 303 g/mol. The molecule has 0 saturated heterocycles. The Hall–Kier alpha value is -1.02. The molecule has 0 radical (unpaired) electrons. The zero-order valence-corrected chi connectivity index (χ0v) is 14.9. The Balaban J connectivity index is 2.10. The molecular weight excluding hydrogens is 270 g/mol. The van der Waals surface area contributed by atoms with Gasteiger partial charge in [-0.15, -0.1) is 0 Å². The molecule has 2 unspecified atom stereocenters. The van der Waals surface area contributed by atoms with Crippen molar-refractivity contribution in [3.8, 4) is 5.75 Å². The second-order valence-electron chi connectivity index (χ2n) is 6.90. The summed E-state index contributed by atoms with van der Waals surface area (Å²) in [6.07, 6.45) is 8.46. The molecule has 0 aliphatic carbocycles. The maximum Gasteiger partial charge on any atom is 0.124 e. The van der Waals surface area contributed by atoms with Crippen LogP contribution in [-0.4, -0.2) is 12.1 Å². The number of hydrogen-bond donors (Lipinski definition) is 1. The van der Waals surface area contributed by atoms with E-state index in [9.17, 15) is 0 Å². The van der Waals surface area contributed by atoms with E-state index >= 15 is 0 Å². The zero-order chi connectivity index (χ0) is 16.0. The molecule has 1 aromatic carbocycles. The van der Waals surface area contributed by atoms with Gasteiger partial charge in [0.1, 0.15) is 11.4 Å². The molecule has 0 bridgehead atoms. The van der Waals surface area contributed by atoms with E-state index in [0.717, 1.165) is 31.6 Å². The number of benzene rings is 1. The average molecular weight is 303 g/mol. The summed E-state index contributed by atoms with van der Waals surface area (Å²) in [6.45, 7) is 10.1. The Kier molecular flexibility index (Phi) is 6.31. The molecule has 124 valence electrons. The third kappa shape index (κ3) is 4.25. The van der Waals surface area contributed by atoms with Gasteiger partial charge < -0.3 is 10.1 Å². The minimum atomic E-state index is -0.0399. The van der Waals surface area contributed by atoms with Gasteiger partial charge in [0.2, 0.25) is 0 Å². The van der Waals surface area contributed by atoms with E-state index < -0.39 is 0 Å². The lowest BCUT2D eigenvalue weighted by atomic mass is 9.86. The van der Waals surface area contributed by atoms with Crippen LogP contribution >= 0.6 is 0 Å². The van der Waals surface area contributed by atoms with Gasteiger partial charge in [-0.3, -0.25) is 0 Å².